The van der Waals surface area contributed by atoms with Crippen LogP contribution in [0, 0.1) is 5.92 Å². The summed E-state index contributed by atoms with van der Waals surface area (Å²) in [6, 6.07) is -0.507. The fourth-order valence-corrected chi connectivity index (χ4v) is 2.01. The zero-order valence-corrected chi connectivity index (χ0v) is 9.62. The van der Waals surface area contributed by atoms with E-state index in [4.69, 9.17) is 5.73 Å². The zero-order chi connectivity index (χ0) is 11.5. The number of aliphatic hydroxyl groups is 1. The summed E-state index contributed by atoms with van der Waals surface area (Å²) < 4.78 is 0. The SMILES string of the molecule is CC1CCC(CO)(NC(=O)C(C)N)CC1. The van der Waals surface area contributed by atoms with Crippen molar-refractivity contribution in [2.75, 3.05) is 6.61 Å². The molecule has 0 aromatic rings. The van der Waals surface area contributed by atoms with Crippen LogP contribution in [-0.2, 0) is 4.79 Å². The highest BCUT2D eigenvalue weighted by Crippen LogP contribution is 2.31. The molecular formula is C11H22N2O2. The molecule has 4 N–H and O–H groups in total. The normalized spacial score (nSPS) is 33.5. The molecule has 1 amide bonds. The van der Waals surface area contributed by atoms with E-state index in [1.54, 1.807) is 6.92 Å². The van der Waals surface area contributed by atoms with Crippen LogP contribution in [0.5, 0.6) is 0 Å². The van der Waals surface area contributed by atoms with E-state index < -0.39 is 11.6 Å². The predicted molar refractivity (Wildman–Crippen MR) is 59.2 cm³/mol. The quantitative estimate of drug-likeness (QED) is 0.636. The first-order valence-corrected chi connectivity index (χ1v) is 5.67. The van der Waals surface area contributed by atoms with Crippen molar-refractivity contribution in [1.82, 2.24) is 5.32 Å². The predicted octanol–water partition coefficient (Wildman–Crippen LogP) is 0.391. The Hall–Kier alpha value is -0.610. The van der Waals surface area contributed by atoms with Crippen molar-refractivity contribution in [3.63, 3.8) is 0 Å². The second-order valence-electron chi connectivity index (χ2n) is 4.90. The molecule has 1 saturated carbocycles. The van der Waals surface area contributed by atoms with Crippen molar-refractivity contribution >= 4 is 5.91 Å². The summed E-state index contributed by atoms with van der Waals surface area (Å²) in [5, 5.41) is 12.3. The third-order valence-electron chi connectivity index (χ3n) is 3.34. The molecule has 1 fully saturated rings. The van der Waals surface area contributed by atoms with E-state index >= 15 is 0 Å². The number of nitrogens with two attached hydrogens (primary N) is 1. The molecule has 1 atom stereocenters. The molecule has 4 heteroatoms. The van der Waals surface area contributed by atoms with Gasteiger partial charge in [0.1, 0.15) is 0 Å². The van der Waals surface area contributed by atoms with E-state index in [0.29, 0.717) is 5.92 Å². The van der Waals surface area contributed by atoms with Crippen molar-refractivity contribution in [3.05, 3.63) is 0 Å². The van der Waals surface area contributed by atoms with E-state index in [1.807, 2.05) is 0 Å². The van der Waals surface area contributed by atoms with Gasteiger partial charge in [0.15, 0.2) is 0 Å². The molecule has 0 saturated heterocycles. The maximum atomic E-state index is 11.5. The number of aliphatic hydroxyl groups excluding tert-OH is 1. The molecule has 0 aliphatic heterocycles. The molecule has 0 spiro atoms. The van der Waals surface area contributed by atoms with Gasteiger partial charge in [-0.1, -0.05) is 6.92 Å². The molecule has 0 heterocycles. The monoisotopic (exact) mass is 214 g/mol. The second kappa shape index (κ2) is 4.94. The Morgan fingerprint density at radius 1 is 1.60 bits per heavy atom. The molecule has 1 unspecified atom stereocenters. The number of carbonyl (C=O) groups excluding carboxylic acids is 1. The van der Waals surface area contributed by atoms with Gasteiger partial charge in [0.25, 0.3) is 0 Å². The summed E-state index contributed by atoms with van der Waals surface area (Å²) in [5.41, 5.74) is 5.08. The van der Waals surface area contributed by atoms with Crippen LogP contribution in [0.25, 0.3) is 0 Å². The van der Waals surface area contributed by atoms with Gasteiger partial charge in [0.05, 0.1) is 18.2 Å². The van der Waals surface area contributed by atoms with Gasteiger partial charge >= 0.3 is 0 Å². The molecule has 1 rings (SSSR count). The van der Waals surface area contributed by atoms with Gasteiger partial charge in [0.2, 0.25) is 5.91 Å². The molecular weight excluding hydrogens is 192 g/mol. The fourth-order valence-electron chi connectivity index (χ4n) is 2.01. The third-order valence-corrected chi connectivity index (χ3v) is 3.34. The minimum atomic E-state index is -0.507. The number of hydrogen-bond acceptors (Lipinski definition) is 3. The van der Waals surface area contributed by atoms with E-state index in [9.17, 15) is 9.90 Å². The Morgan fingerprint density at radius 3 is 2.53 bits per heavy atom. The zero-order valence-electron chi connectivity index (χ0n) is 9.62. The van der Waals surface area contributed by atoms with Gasteiger partial charge in [-0.25, -0.2) is 0 Å². The Balaban J connectivity index is 2.57. The largest absolute Gasteiger partial charge is 0.394 e. The molecule has 1 aliphatic rings. The first-order chi connectivity index (χ1) is 6.99. The van der Waals surface area contributed by atoms with Gasteiger partial charge in [-0.15, -0.1) is 0 Å². The Bertz CT molecular complexity index is 221. The standard InChI is InChI=1S/C11H22N2O2/c1-8-3-5-11(7-14,6-4-8)13-10(15)9(2)12/h8-9,14H,3-7,12H2,1-2H3,(H,13,15). The number of hydrogen-bond donors (Lipinski definition) is 3. The molecule has 15 heavy (non-hydrogen) atoms. The Labute approximate surface area is 91.2 Å². The third kappa shape index (κ3) is 3.18. The van der Waals surface area contributed by atoms with Crippen molar-refractivity contribution in [3.8, 4) is 0 Å². The first-order valence-electron chi connectivity index (χ1n) is 5.67. The van der Waals surface area contributed by atoms with E-state index in [-0.39, 0.29) is 12.5 Å². The maximum absolute atomic E-state index is 11.5. The van der Waals surface area contributed by atoms with Crippen molar-refractivity contribution in [1.29, 1.82) is 0 Å². The van der Waals surface area contributed by atoms with Gasteiger partial charge in [-0.3, -0.25) is 4.79 Å². The number of nitrogens with one attached hydrogen (secondary N) is 1. The lowest BCUT2D eigenvalue weighted by Gasteiger charge is -2.39. The topological polar surface area (TPSA) is 75.3 Å². The van der Waals surface area contributed by atoms with Crippen LogP contribution in [0.3, 0.4) is 0 Å². The first kappa shape index (κ1) is 12.5. The number of rotatable bonds is 3. The van der Waals surface area contributed by atoms with Crippen LogP contribution in [0.4, 0.5) is 0 Å². The smallest absolute Gasteiger partial charge is 0.237 e. The molecule has 0 radical (unpaired) electrons. The van der Waals surface area contributed by atoms with Crippen LogP contribution >= 0.6 is 0 Å². The summed E-state index contributed by atoms with van der Waals surface area (Å²) in [6.45, 7) is 3.87. The molecule has 0 aromatic heterocycles. The van der Waals surface area contributed by atoms with Crippen molar-refractivity contribution in [2.24, 2.45) is 11.7 Å². The lowest BCUT2D eigenvalue weighted by molar-refractivity contribution is -0.125. The summed E-state index contributed by atoms with van der Waals surface area (Å²) in [5.74, 6) is 0.524. The van der Waals surface area contributed by atoms with E-state index in [1.165, 1.54) is 0 Å². The minimum absolute atomic E-state index is 0.0121. The van der Waals surface area contributed by atoms with Gasteiger partial charge in [0, 0.05) is 0 Å². The molecule has 1 aliphatic carbocycles. The summed E-state index contributed by atoms with van der Waals surface area (Å²) >= 11 is 0. The van der Waals surface area contributed by atoms with Crippen molar-refractivity contribution in [2.45, 2.75) is 51.1 Å². The van der Waals surface area contributed by atoms with Crippen LogP contribution < -0.4 is 11.1 Å². The Kier molecular flexibility index (Phi) is 4.11. The number of amides is 1. The lowest BCUT2D eigenvalue weighted by atomic mass is 9.77. The van der Waals surface area contributed by atoms with Crippen LogP contribution in [0.1, 0.15) is 39.5 Å². The van der Waals surface area contributed by atoms with Crippen LogP contribution in [-0.4, -0.2) is 29.2 Å². The van der Waals surface area contributed by atoms with Crippen molar-refractivity contribution < 1.29 is 9.90 Å². The summed E-state index contributed by atoms with van der Waals surface area (Å²) in [6.07, 6.45) is 3.81. The highest BCUT2D eigenvalue weighted by Gasteiger charge is 2.35. The van der Waals surface area contributed by atoms with Gasteiger partial charge < -0.3 is 16.2 Å². The number of carbonyl (C=O) groups is 1. The summed E-state index contributed by atoms with van der Waals surface area (Å²) in [4.78, 5) is 11.5. The van der Waals surface area contributed by atoms with Gasteiger partial charge in [-0.2, -0.15) is 0 Å². The molecule has 88 valence electrons. The maximum Gasteiger partial charge on any atom is 0.237 e. The average molecular weight is 214 g/mol. The fraction of sp³-hybridized carbons (Fsp3) is 0.909. The van der Waals surface area contributed by atoms with E-state index in [2.05, 4.69) is 12.2 Å². The molecule has 0 bridgehead atoms. The van der Waals surface area contributed by atoms with Crippen LogP contribution in [0.15, 0.2) is 0 Å². The minimum Gasteiger partial charge on any atom is -0.394 e. The average Bonchev–Trinajstić information content (AvgIpc) is 2.21. The van der Waals surface area contributed by atoms with Gasteiger partial charge in [-0.05, 0) is 38.5 Å². The second-order valence-corrected chi connectivity index (χ2v) is 4.90. The summed E-state index contributed by atoms with van der Waals surface area (Å²) in [7, 11) is 0. The highest BCUT2D eigenvalue weighted by molar-refractivity contribution is 5.81. The molecule has 4 nitrogen and oxygen atoms in total. The Morgan fingerprint density at radius 2 is 2.13 bits per heavy atom. The van der Waals surface area contributed by atoms with Crippen LogP contribution in [0.2, 0.25) is 0 Å². The lowest BCUT2D eigenvalue weighted by Crippen LogP contribution is -2.56. The molecule has 0 aromatic carbocycles. The highest BCUT2D eigenvalue weighted by atomic mass is 16.3. The van der Waals surface area contributed by atoms with E-state index in [0.717, 1.165) is 25.7 Å².